The van der Waals surface area contributed by atoms with E-state index in [1.54, 1.807) is 6.26 Å². The number of hydrogen-bond donors (Lipinski definition) is 1. The number of allylic oxidation sites excluding steroid dienone is 1. The summed E-state index contributed by atoms with van der Waals surface area (Å²) in [5.41, 5.74) is 1.21. The number of aliphatic hydroxyl groups is 1. The monoisotopic (exact) mass is 456 g/mol. The molecule has 4 aliphatic carbocycles. The Balaban J connectivity index is 1.40. The third kappa shape index (κ3) is 3.44. The molecule has 0 bridgehead atoms. The van der Waals surface area contributed by atoms with Crippen LogP contribution in [0, 0.1) is 22.7 Å². The van der Waals surface area contributed by atoms with Crippen LogP contribution in [-0.4, -0.2) is 36.5 Å². The summed E-state index contributed by atoms with van der Waals surface area (Å²) in [4.78, 5) is 23.4. The highest BCUT2D eigenvalue weighted by atomic mass is 16.6. The van der Waals surface area contributed by atoms with Crippen LogP contribution in [-0.2, 0) is 14.3 Å². The van der Waals surface area contributed by atoms with E-state index in [9.17, 15) is 14.7 Å². The third-order valence-electron chi connectivity index (χ3n) is 9.93. The number of fused-ring (bicyclic) bond motifs is 5. The molecule has 3 saturated carbocycles. The highest BCUT2D eigenvalue weighted by Gasteiger charge is 2.66. The Morgan fingerprint density at radius 1 is 1.12 bits per heavy atom. The second-order valence-electron chi connectivity index (χ2n) is 11.2. The van der Waals surface area contributed by atoms with Gasteiger partial charge >= 0.3 is 11.6 Å². The van der Waals surface area contributed by atoms with Gasteiger partial charge in [0.05, 0.1) is 11.9 Å². The fourth-order valence-corrected chi connectivity index (χ4v) is 8.18. The molecule has 0 aliphatic heterocycles. The number of esters is 1. The van der Waals surface area contributed by atoms with Crippen LogP contribution >= 0.6 is 0 Å². The maximum atomic E-state index is 12.3. The molecule has 0 amide bonds. The average Bonchev–Trinajstić information content (AvgIpc) is 3.06. The van der Waals surface area contributed by atoms with E-state index in [4.69, 9.17) is 13.9 Å². The van der Waals surface area contributed by atoms with Gasteiger partial charge in [-0.05, 0) is 92.2 Å². The average molecular weight is 457 g/mol. The van der Waals surface area contributed by atoms with Crippen LogP contribution in [0.5, 0.6) is 0 Å². The Morgan fingerprint density at radius 3 is 2.67 bits per heavy atom. The minimum Gasteiger partial charge on any atom is -0.456 e. The first-order valence-corrected chi connectivity index (χ1v) is 12.4. The van der Waals surface area contributed by atoms with Crippen molar-refractivity contribution in [3.63, 3.8) is 0 Å². The molecule has 0 aromatic carbocycles. The van der Waals surface area contributed by atoms with Gasteiger partial charge in [-0.3, -0.25) is 0 Å². The molecule has 1 aromatic rings. The molecule has 5 rings (SSSR count). The van der Waals surface area contributed by atoms with Crippen LogP contribution < -0.4 is 5.63 Å². The normalized spacial score (nSPS) is 42.0. The van der Waals surface area contributed by atoms with Crippen molar-refractivity contribution in [1.82, 2.24) is 0 Å². The zero-order valence-electron chi connectivity index (χ0n) is 20.0. The van der Waals surface area contributed by atoms with Crippen LogP contribution in [0.25, 0.3) is 0 Å². The van der Waals surface area contributed by atoms with E-state index in [-0.39, 0.29) is 47.0 Å². The van der Waals surface area contributed by atoms with Gasteiger partial charge in [0.2, 0.25) is 0 Å². The number of ether oxygens (including phenoxy) is 2. The molecular weight excluding hydrogens is 420 g/mol. The zero-order valence-corrected chi connectivity index (χ0v) is 20.0. The molecule has 180 valence electrons. The van der Waals surface area contributed by atoms with Crippen LogP contribution in [0.15, 0.2) is 39.3 Å². The van der Waals surface area contributed by atoms with Crippen LogP contribution in [0.1, 0.15) is 76.7 Å². The minimum absolute atomic E-state index is 0.0146. The molecule has 1 N–H and O–H groups in total. The van der Waals surface area contributed by atoms with Crippen molar-refractivity contribution in [2.75, 3.05) is 13.7 Å². The number of hydrogen-bond acceptors (Lipinski definition) is 6. The largest absolute Gasteiger partial charge is 0.456 e. The molecule has 3 fully saturated rings. The first-order valence-electron chi connectivity index (χ1n) is 12.4. The summed E-state index contributed by atoms with van der Waals surface area (Å²) in [6.07, 6.45) is 11.1. The van der Waals surface area contributed by atoms with E-state index < -0.39 is 5.60 Å². The zero-order chi connectivity index (χ0) is 23.4. The third-order valence-corrected chi connectivity index (χ3v) is 9.93. The van der Waals surface area contributed by atoms with E-state index in [0.717, 1.165) is 56.9 Å². The molecule has 4 aliphatic rings. The maximum absolute atomic E-state index is 12.3. The van der Waals surface area contributed by atoms with Crippen LogP contribution in [0.2, 0.25) is 0 Å². The Labute approximate surface area is 195 Å². The number of rotatable bonds is 4. The summed E-state index contributed by atoms with van der Waals surface area (Å²) < 4.78 is 15.7. The van der Waals surface area contributed by atoms with E-state index in [1.807, 2.05) is 6.07 Å². The first kappa shape index (κ1) is 22.9. The standard InChI is InChI=1S/C27H36O6/c1-25-11-8-19(33-24(29)16-31-3)14-18(25)5-6-22-21(25)9-12-26(2)20(10-13-27(22,26)30)17-4-7-23(28)32-15-17/h4,7,14-15,19-22,30H,5-6,8-13,16H2,1-3H3/t19-,20+,21?,22?,25-,26+,27-/m0/s1. The van der Waals surface area contributed by atoms with E-state index in [0.29, 0.717) is 5.92 Å². The predicted octanol–water partition coefficient (Wildman–Crippen LogP) is 4.36. The molecule has 0 saturated heterocycles. The fourth-order valence-electron chi connectivity index (χ4n) is 8.18. The van der Waals surface area contributed by atoms with E-state index in [1.165, 1.54) is 18.7 Å². The highest BCUT2D eigenvalue weighted by Crippen LogP contribution is 2.70. The molecule has 1 aromatic heterocycles. The number of methoxy groups -OCH3 is 1. The fraction of sp³-hybridized carbons (Fsp3) is 0.704. The van der Waals surface area contributed by atoms with Crippen molar-refractivity contribution in [3.8, 4) is 0 Å². The maximum Gasteiger partial charge on any atom is 0.335 e. The van der Waals surface area contributed by atoms with Gasteiger partial charge in [0.25, 0.3) is 0 Å². The van der Waals surface area contributed by atoms with Crippen molar-refractivity contribution >= 4 is 5.97 Å². The second kappa shape index (κ2) is 8.09. The molecule has 2 unspecified atom stereocenters. The summed E-state index contributed by atoms with van der Waals surface area (Å²) in [5, 5.41) is 12.3. The van der Waals surface area contributed by atoms with Gasteiger partial charge in [-0.25, -0.2) is 9.59 Å². The first-order chi connectivity index (χ1) is 15.7. The van der Waals surface area contributed by atoms with Gasteiger partial charge in [0.15, 0.2) is 0 Å². The van der Waals surface area contributed by atoms with Gasteiger partial charge in [-0.1, -0.05) is 19.4 Å². The summed E-state index contributed by atoms with van der Waals surface area (Å²) in [5.74, 6) is 0.576. The van der Waals surface area contributed by atoms with Gasteiger partial charge in [0.1, 0.15) is 12.7 Å². The van der Waals surface area contributed by atoms with Crippen molar-refractivity contribution in [2.24, 2.45) is 22.7 Å². The van der Waals surface area contributed by atoms with Gasteiger partial charge in [-0.15, -0.1) is 0 Å². The van der Waals surface area contributed by atoms with Crippen molar-refractivity contribution in [1.29, 1.82) is 0 Å². The lowest BCUT2D eigenvalue weighted by Gasteiger charge is -2.61. The lowest BCUT2D eigenvalue weighted by Crippen LogP contribution is -2.60. The SMILES string of the molecule is COCC(=O)O[C@@H]1C=C2CCC3C(CC[C@]4(C)[C@@H](c5ccc(=O)oc5)CC[C@]34O)[C@@]2(C)CC1. The lowest BCUT2D eigenvalue weighted by atomic mass is 9.45. The number of carbonyl (C=O) groups is 1. The van der Waals surface area contributed by atoms with Gasteiger partial charge < -0.3 is 19.0 Å². The highest BCUT2D eigenvalue weighted by molar-refractivity contribution is 5.71. The Bertz CT molecular complexity index is 992. The number of carbonyl (C=O) groups excluding carboxylic acids is 1. The van der Waals surface area contributed by atoms with Crippen LogP contribution in [0.4, 0.5) is 0 Å². The molecular formula is C27H36O6. The molecule has 33 heavy (non-hydrogen) atoms. The van der Waals surface area contributed by atoms with Gasteiger partial charge in [-0.2, -0.15) is 0 Å². The molecule has 6 heteroatoms. The lowest BCUT2D eigenvalue weighted by molar-refractivity contribution is -0.179. The molecule has 0 radical (unpaired) electrons. The topological polar surface area (TPSA) is 86.0 Å². The smallest absolute Gasteiger partial charge is 0.335 e. The van der Waals surface area contributed by atoms with Gasteiger partial charge in [0, 0.05) is 18.6 Å². The molecule has 7 atom stereocenters. The summed E-state index contributed by atoms with van der Waals surface area (Å²) in [6, 6.07) is 3.38. The molecule has 0 spiro atoms. The minimum atomic E-state index is -0.715. The Hall–Kier alpha value is -1.92. The quantitative estimate of drug-likeness (QED) is 0.535. The predicted molar refractivity (Wildman–Crippen MR) is 123 cm³/mol. The summed E-state index contributed by atoms with van der Waals surface area (Å²) >= 11 is 0. The van der Waals surface area contributed by atoms with Crippen molar-refractivity contribution in [2.45, 2.75) is 82.8 Å². The van der Waals surface area contributed by atoms with E-state index in [2.05, 4.69) is 19.9 Å². The van der Waals surface area contributed by atoms with Crippen molar-refractivity contribution < 1.29 is 23.8 Å². The second-order valence-corrected chi connectivity index (χ2v) is 11.2. The summed E-state index contributed by atoms with van der Waals surface area (Å²) in [6.45, 7) is 4.61. The summed E-state index contributed by atoms with van der Waals surface area (Å²) in [7, 11) is 1.50. The van der Waals surface area contributed by atoms with Crippen molar-refractivity contribution in [3.05, 3.63) is 46.0 Å². The van der Waals surface area contributed by atoms with E-state index >= 15 is 0 Å². The molecule has 6 nitrogen and oxygen atoms in total. The molecule has 1 heterocycles. The Kier molecular flexibility index (Phi) is 5.60. The Morgan fingerprint density at radius 2 is 1.94 bits per heavy atom. The van der Waals surface area contributed by atoms with Crippen LogP contribution in [0.3, 0.4) is 0 Å².